The van der Waals surface area contributed by atoms with Gasteiger partial charge in [-0.15, -0.1) is 11.3 Å². The molecule has 156 valence electrons. The molecule has 0 saturated carbocycles. The summed E-state index contributed by atoms with van der Waals surface area (Å²) in [4.78, 5) is 28.6. The van der Waals surface area contributed by atoms with Gasteiger partial charge in [-0.2, -0.15) is 0 Å². The highest BCUT2D eigenvalue weighted by Gasteiger charge is 2.09. The fraction of sp³-hybridized carbons (Fsp3) is 0.261. The number of urea groups is 1. The Kier molecular flexibility index (Phi) is 7.19. The van der Waals surface area contributed by atoms with Crippen LogP contribution >= 0.6 is 11.3 Å². The van der Waals surface area contributed by atoms with E-state index < -0.39 is 0 Å². The van der Waals surface area contributed by atoms with Crippen molar-refractivity contribution in [1.82, 2.24) is 10.3 Å². The Morgan fingerprint density at radius 1 is 1.03 bits per heavy atom. The number of anilines is 2. The molecule has 3 aromatic rings. The van der Waals surface area contributed by atoms with Crippen molar-refractivity contribution in [2.75, 3.05) is 17.2 Å². The average Bonchev–Trinajstić information content (AvgIpc) is 3.17. The largest absolute Gasteiger partial charge is 0.337 e. The van der Waals surface area contributed by atoms with E-state index in [1.165, 1.54) is 5.56 Å². The molecule has 3 rings (SSSR count). The molecule has 0 spiro atoms. The van der Waals surface area contributed by atoms with Gasteiger partial charge in [0.25, 0.3) is 0 Å². The van der Waals surface area contributed by atoms with E-state index in [-0.39, 0.29) is 17.9 Å². The number of aryl methyl sites for hydroxylation is 1. The first kappa shape index (κ1) is 21.5. The highest BCUT2D eigenvalue weighted by molar-refractivity contribution is 7.13. The Morgan fingerprint density at radius 3 is 2.43 bits per heavy atom. The van der Waals surface area contributed by atoms with Crippen molar-refractivity contribution < 1.29 is 9.59 Å². The van der Waals surface area contributed by atoms with Gasteiger partial charge in [-0.3, -0.25) is 4.79 Å². The molecule has 0 bridgehead atoms. The second-order valence-corrected chi connectivity index (χ2v) is 8.22. The molecule has 0 unspecified atom stereocenters. The van der Waals surface area contributed by atoms with Gasteiger partial charge in [-0.1, -0.05) is 49.7 Å². The van der Waals surface area contributed by atoms with E-state index >= 15 is 0 Å². The average molecular weight is 423 g/mol. The fourth-order valence-corrected chi connectivity index (χ4v) is 3.55. The second-order valence-electron chi connectivity index (χ2n) is 7.37. The van der Waals surface area contributed by atoms with E-state index in [2.05, 4.69) is 52.1 Å². The summed E-state index contributed by atoms with van der Waals surface area (Å²) in [6.07, 6.45) is 0.653. The summed E-state index contributed by atoms with van der Waals surface area (Å²) < 4.78 is 0. The lowest BCUT2D eigenvalue weighted by Crippen LogP contribution is -2.30. The number of hydrogen-bond acceptors (Lipinski definition) is 4. The SMILES string of the molecule is Cc1ccc(-c2nc(CCNC(=O)Nc3cccc(NC(=O)C(C)C)c3)cs2)cc1. The minimum atomic E-state index is -0.295. The van der Waals surface area contributed by atoms with Crippen LogP contribution < -0.4 is 16.0 Å². The molecule has 3 N–H and O–H groups in total. The van der Waals surface area contributed by atoms with Crippen molar-refractivity contribution in [2.45, 2.75) is 27.2 Å². The van der Waals surface area contributed by atoms with Gasteiger partial charge in [-0.05, 0) is 25.1 Å². The highest BCUT2D eigenvalue weighted by atomic mass is 32.1. The molecule has 0 fully saturated rings. The van der Waals surface area contributed by atoms with Crippen LogP contribution in [0.1, 0.15) is 25.1 Å². The third-order valence-electron chi connectivity index (χ3n) is 4.43. The maximum Gasteiger partial charge on any atom is 0.319 e. The van der Waals surface area contributed by atoms with Gasteiger partial charge < -0.3 is 16.0 Å². The first-order chi connectivity index (χ1) is 14.4. The Labute approximate surface area is 180 Å². The molecule has 2 aromatic carbocycles. The van der Waals surface area contributed by atoms with Crippen LogP contribution in [0.2, 0.25) is 0 Å². The van der Waals surface area contributed by atoms with Crippen LogP contribution in [-0.2, 0) is 11.2 Å². The molecule has 0 saturated heterocycles. The second kappa shape index (κ2) is 10.0. The Balaban J connectivity index is 1.47. The fourth-order valence-electron chi connectivity index (χ4n) is 2.69. The summed E-state index contributed by atoms with van der Waals surface area (Å²) in [5.41, 5.74) is 4.54. The molecule has 0 radical (unpaired) electrons. The molecule has 0 aliphatic rings. The number of thiazole rings is 1. The molecule has 0 aliphatic heterocycles. The molecule has 3 amide bonds. The van der Waals surface area contributed by atoms with E-state index in [4.69, 9.17) is 0 Å². The maximum atomic E-state index is 12.2. The van der Waals surface area contributed by atoms with E-state index in [0.29, 0.717) is 24.3 Å². The van der Waals surface area contributed by atoms with E-state index in [0.717, 1.165) is 16.3 Å². The lowest BCUT2D eigenvalue weighted by atomic mass is 10.2. The number of rotatable bonds is 7. The topological polar surface area (TPSA) is 83.1 Å². The van der Waals surface area contributed by atoms with Crippen LogP contribution in [0.25, 0.3) is 10.6 Å². The number of amides is 3. The molecule has 6 nitrogen and oxygen atoms in total. The summed E-state index contributed by atoms with van der Waals surface area (Å²) in [5.74, 6) is -0.174. The van der Waals surface area contributed by atoms with Crippen LogP contribution in [0.15, 0.2) is 53.9 Å². The van der Waals surface area contributed by atoms with Gasteiger partial charge in [-0.25, -0.2) is 9.78 Å². The Bertz CT molecular complexity index is 1010. The van der Waals surface area contributed by atoms with Crippen molar-refractivity contribution >= 4 is 34.6 Å². The standard InChI is InChI=1S/C23H26N4O2S/c1-15(2)21(28)25-18-5-4-6-19(13-18)27-23(29)24-12-11-20-14-30-22(26-20)17-9-7-16(3)8-10-17/h4-10,13-15H,11-12H2,1-3H3,(H,25,28)(H2,24,27,29). The minimum Gasteiger partial charge on any atom is -0.337 e. The molecule has 1 aromatic heterocycles. The predicted molar refractivity (Wildman–Crippen MR) is 123 cm³/mol. The monoisotopic (exact) mass is 422 g/mol. The molecular weight excluding hydrogens is 396 g/mol. The smallest absolute Gasteiger partial charge is 0.319 e. The van der Waals surface area contributed by atoms with Gasteiger partial charge in [0, 0.05) is 41.2 Å². The zero-order valence-electron chi connectivity index (χ0n) is 17.4. The summed E-state index contributed by atoms with van der Waals surface area (Å²) >= 11 is 1.60. The first-order valence-corrected chi connectivity index (χ1v) is 10.8. The van der Waals surface area contributed by atoms with Gasteiger partial charge in [0.1, 0.15) is 5.01 Å². The quantitative estimate of drug-likeness (QED) is 0.497. The van der Waals surface area contributed by atoms with Gasteiger partial charge in [0.15, 0.2) is 0 Å². The Morgan fingerprint density at radius 2 is 1.73 bits per heavy atom. The number of carbonyl (C=O) groups is 2. The highest BCUT2D eigenvalue weighted by Crippen LogP contribution is 2.24. The van der Waals surface area contributed by atoms with Crippen LogP contribution in [0.4, 0.5) is 16.2 Å². The lowest BCUT2D eigenvalue weighted by molar-refractivity contribution is -0.118. The van der Waals surface area contributed by atoms with Crippen LogP contribution in [0.5, 0.6) is 0 Å². The maximum absolute atomic E-state index is 12.2. The summed E-state index contributed by atoms with van der Waals surface area (Å²) in [7, 11) is 0. The predicted octanol–water partition coefficient (Wildman–Crippen LogP) is 5.08. The molecule has 0 aliphatic carbocycles. The lowest BCUT2D eigenvalue weighted by Gasteiger charge is -2.10. The number of nitrogens with zero attached hydrogens (tertiary/aromatic N) is 1. The molecule has 1 heterocycles. The van der Waals surface area contributed by atoms with Gasteiger partial charge in [0.05, 0.1) is 5.69 Å². The van der Waals surface area contributed by atoms with Crippen molar-refractivity contribution in [3.8, 4) is 10.6 Å². The number of nitrogens with one attached hydrogen (secondary N) is 3. The van der Waals surface area contributed by atoms with Gasteiger partial charge in [0.2, 0.25) is 5.91 Å². The number of hydrogen-bond donors (Lipinski definition) is 3. The van der Waals surface area contributed by atoms with Crippen molar-refractivity contribution in [3.63, 3.8) is 0 Å². The van der Waals surface area contributed by atoms with Gasteiger partial charge >= 0.3 is 6.03 Å². The van der Waals surface area contributed by atoms with E-state index in [1.807, 2.05) is 19.2 Å². The molecule has 30 heavy (non-hydrogen) atoms. The third kappa shape index (κ3) is 6.15. The molecule has 7 heteroatoms. The number of benzene rings is 2. The third-order valence-corrected chi connectivity index (χ3v) is 5.37. The zero-order valence-corrected chi connectivity index (χ0v) is 18.2. The van der Waals surface area contributed by atoms with Crippen molar-refractivity contribution in [2.24, 2.45) is 5.92 Å². The van der Waals surface area contributed by atoms with Crippen molar-refractivity contribution in [1.29, 1.82) is 0 Å². The summed E-state index contributed by atoms with van der Waals surface area (Å²) in [6, 6.07) is 15.1. The molecule has 0 atom stereocenters. The van der Waals surface area contributed by atoms with Crippen LogP contribution in [-0.4, -0.2) is 23.5 Å². The molecular formula is C23H26N4O2S. The first-order valence-electron chi connectivity index (χ1n) is 9.88. The van der Waals surface area contributed by atoms with E-state index in [9.17, 15) is 9.59 Å². The van der Waals surface area contributed by atoms with Crippen LogP contribution in [0.3, 0.4) is 0 Å². The van der Waals surface area contributed by atoms with Crippen LogP contribution in [0, 0.1) is 12.8 Å². The summed E-state index contributed by atoms with van der Waals surface area (Å²) in [6.45, 7) is 6.20. The zero-order chi connectivity index (χ0) is 21.5. The Hall–Kier alpha value is -3.19. The summed E-state index contributed by atoms with van der Waals surface area (Å²) in [5, 5.41) is 11.5. The number of aromatic nitrogens is 1. The number of carbonyl (C=O) groups excluding carboxylic acids is 2. The van der Waals surface area contributed by atoms with E-state index in [1.54, 1.807) is 35.6 Å². The minimum absolute atomic E-state index is 0.0649. The normalized spacial score (nSPS) is 10.7. The van der Waals surface area contributed by atoms with Crippen molar-refractivity contribution in [3.05, 3.63) is 65.2 Å².